The fraction of sp³-hybridized carbons (Fsp3) is 0.200. The number of amides is 1. The highest BCUT2D eigenvalue weighted by Crippen LogP contribution is 2.21. The van der Waals surface area contributed by atoms with Gasteiger partial charge in [0.1, 0.15) is 0 Å². The number of nitro groups is 1. The maximum Gasteiger partial charge on any atom is 0.273 e. The zero-order valence-electron chi connectivity index (χ0n) is 15.0. The van der Waals surface area contributed by atoms with Gasteiger partial charge in [0.25, 0.3) is 17.2 Å². The molecule has 2 N–H and O–H groups in total. The number of fused-ring (bicyclic) bond motifs is 1. The van der Waals surface area contributed by atoms with Crippen molar-refractivity contribution in [1.82, 2.24) is 10.3 Å². The van der Waals surface area contributed by atoms with Crippen molar-refractivity contribution in [3.8, 4) is 0 Å². The first-order valence-electron chi connectivity index (χ1n) is 8.51. The molecule has 7 nitrogen and oxygen atoms in total. The molecule has 3 rings (SSSR count). The second kappa shape index (κ2) is 7.41. The van der Waals surface area contributed by atoms with Gasteiger partial charge >= 0.3 is 0 Å². The summed E-state index contributed by atoms with van der Waals surface area (Å²) >= 11 is 0. The average molecular weight is 365 g/mol. The molecule has 0 atom stereocenters. The highest BCUT2D eigenvalue weighted by Gasteiger charge is 2.17. The first-order valence-corrected chi connectivity index (χ1v) is 8.51. The minimum absolute atomic E-state index is 0.0936. The lowest BCUT2D eigenvalue weighted by atomic mass is 10.1. The molecule has 0 saturated carbocycles. The van der Waals surface area contributed by atoms with Crippen molar-refractivity contribution in [2.24, 2.45) is 0 Å². The minimum atomic E-state index is -0.511. The number of carbonyl (C=O) groups excluding carboxylic acids is 1. The van der Waals surface area contributed by atoms with Gasteiger partial charge in [-0.15, -0.1) is 0 Å². The normalized spacial score (nSPS) is 10.7. The summed E-state index contributed by atoms with van der Waals surface area (Å²) in [6, 6.07) is 12.0. The maximum absolute atomic E-state index is 12.3. The van der Waals surface area contributed by atoms with Crippen LogP contribution in [-0.2, 0) is 6.42 Å². The Bertz CT molecular complexity index is 1100. The van der Waals surface area contributed by atoms with Gasteiger partial charge in [-0.1, -0.05) is 18.2 Å². The third-order valence-corrected chi connectivity index (χ3v) is 4.50. The van der Waals surface area contributed by atoms with Crippen molar-refractivity contribution >= 4 is 22.5 Å². The molecule has 0 unspecified atom stereocenters. The Morgan fingerprint density at radius 2 is 1.96 bits per heavy atom. The van der Waals surface area contributed by atoms with Crippen molar-refractivity contribution in [1.29, 1.82) is 0 Å². The number of nitrogens with zero attached hydrogens (tertiary/aromatic N) is 1. The van der Waals surface area contributed by atoms with E-state index < -0.39 is 10.8 Å². The van der Waals surface area contributed by atoms with Crippen molar-refractivity contribution in [3.05, 3.63) is 85.2 Å². The Balaban J connectivity index is 1.72. The van der Waals surface area contributed by atoms with E-state index in [1.165, 1.54) is 12.1 Å². The van der Waals surface area contributed by atoms with Crippen LogP contribution in [-0.4, -0.2) is 22.4 Å². The van der Waals surface area contributed by atoms with E-state index in [0.717, 1.165) is 16.5 Å². The standard InChI is InChI=1S/C20H19N3O4/c1-12-6-7-14-11-15(19(24)22-17(14)10-12)8-9-21-20(25)16-4-3-5-18(13(16)2)23(26)27/h3-7,10-11H,8-9H2,1-2H3,(H,21,25)(H,22,24). The Morgan fingerprint density at radius 1 is 1.19 bits per heavy atom. The fourth-order valence-electron chi connectivity index (χ4n) is 3.02. The number of aromatic amines is 1. The van der Waals surface area contributed by atoms with Crippen molar-refractivity contribution in [2.75, 3.05) is 6.54 Å². The number of nitrogens with one attached hydrogen (secondary N) is 2. The van der Waals surface area contributed by atoms with Gasteiger partial charge in [-0.25, -0.2) is 0 Å². The molecule has 0 fully saturated rings. The molecule has 0 aliphatic carbocycles. The molecule has 1 heterocycles. The van der Waals surface area contributed by atoms with Gasteiger partial charge in [-0.3, -0.25) is 19.7 Å². The molecule has 2 aromatic carbocycles. The van der Waals surface area contributed by atoms with Crippen LogP contribution in [0.5, 0.6) is 0 Å². The molecule has 0 bridgehead atoms. The van der Waals surface area contributed by atoms with Gasteiger partial charge in [-0.05, 0) is 49.4 Å². The average Bonchev–Trinajstić information content (AvgIpc) is 2.62. The zero-order chi connectivity index (χ0) is 19.6. The molecule has 0 radical (unpaired) electrons. The van der Waals surface area contributed by atoms with Crippen LogP contribution in [0.25, 0.3) is 10.9 Å². The van der Waals surface area contributed by atoms with Crippen molar-refractivity contribution < 1.29 is 9.72 Å². The molecule has 0 spiro atoms. The predicted octanol–water partition coefficient (Wildman–Crippen LogP) is 3.03. The molecule has 0 aliphatic heterocycles. The number of aromatic nitrogens is 1. The molecular weight excluding hydrogens is 346 g/mol. The van der Waals surface area contributed by atoms with E-state index in [0.29, 0.717) is 17.5 Å². The van der Waals surface area contributed by atoms with Crippen LogP contribution in [0.1, 0.15) is 27.0 Å². The van der Waals surface area contributed by atoms with E-state index in [-0.39, 0.29) is 23.4 Å². The van der Waals surface area contributed by atoms with E-state index in [9.17, 15) is 19.7 Å². The summed E-state index contributed by atoms with van der Waals surface area (Å²) in [5.41, 5.74) is 2.71. The van der Waals surface area contributed by atoms with Crippen molar-refractivity contribution in [3.63, 3.8) is 0 Å². The summed E-state index contributed by atoms with van der Waals surface area (Å²) in [5, 5.41) is 14.6. The van der Waals surface area contributed by atoms with Gasteiger partial charge in [-0.2, -0.15) is 0 Å². The van der Waals surface area contributed by atoms with Crippen LogP contribution in [0.4, 0.5) is 5.69 Å². The SMILES string of the molecule is Cc1ccc2cc(CCNC(=O)c3cccc([N+](=O)[O-])c3C)c(=O)[nH]c2c1. The summed E-state index contributed by atoms with van der Waals surface area (Å²) in [4.78, 5) is 37.9. The molecule has 27 heavy (non-hydrogen) atoms. The quantitative estimate of drug-likeness (QED) is 0.535. The van der Waals surface area contributed by atoms with E-state index in [2.05, 4.69) is 10.3 Å². The summed E-state index contributed by atoms with van der Waals surface area (Å²) in [6.45, 7) is 3.75. The monoisotopic (exact) mass is 365 g/mol. The van der Waals surface area contributed by atoms with Gasteiger partial charge in [0.15, 0.2) is 0 Å². The zero-order valence-corrected chi connectivity index (χ0v) is 15.0. The molecule has 7 heteroatoms. The number of hydrogen-bond acceptors (Lipinski definition) is 4. The number of rotatable bonds is 5. The summed E-state index contributed by atoms with van der Waals surface area (Å²) in [5.74, 6) is -0.399. The second-order valence-electron chi connectivity index (χ2n) is 6.43. The largest absolute Gasteiger partial charge is 0.352 e. The Hall–Kier alpha value is -3.48. The number of aryl methyl sites for hydroxylation is 1. The molecule has 3 aromatic rings. The Morgan fingerprint density at radius 3 is 2.70 bits per heavy atom. The van der Waals surface area contributed by atoms with Crippen LogP contribution in [0.15, 0.2) is 47.3 Å². The van der Waals surface area contributed by atoms with Crippen molar-refractivity contribution in [2.45, 2.75) is 20.3 Å². The van der Waals surface area contributed by atoms with E-state index in [1.807, 2.05) is 31.2 Å². The molecule has 138 valence electrons. The van der Waals surface area contributed by atoms with Gasteiger partial charge in [0.2, 0.25) is 0 Å². The van der Waals surface area contributed by atoms with E-state index in [4.69, 9.17) is 0 Å². The van der Waals surface area contributed by atoms with Gasteiger partial charge in [0.05, 0.1) is 4.92 Å². The van der Waals surface area contributed by atoms with E-state index in [1.54, 1.807) is 13.0 Å². The number of H-pyrrole nitrogens is 1. The maximum atomic E-state index is 12.3. The highest BCUT2D eigenvalue weighted by molar-refractivity contribution is 5.96. The summed E-state index contributed by atoms with van der Waals surface area (Å²) in [7, 11) is 0. The third kappa shape index (κ3) is 3.87. The molecular formula is C20H19N3O4. The predicted molar refractivity (Wildman–Crippen MR) is 103 cm³/mol. The number of nitro benzene ring substituents is 1. The molecule has 0 aliphatic rings. The summed E-state index contributed by atoms with van der Waals surface area (Å²) < 4.78 is 0. The molecule has 1 amide bonds. The third-order valence-electron chi connectivity index (χ3n) is 4.50. The van der Waals surface area contributed by atoms with Crippen LogP contribution in [0, 0.1) is 24.0 Å². The first-order chi connectivity index (χ1) is 12.9. The first kappa shape index (κ1) is 18.3. The van der Waals surface area contributed by atoms with Crippen LogP contribution >= 0.6 is 0 Å². The molecule has 1 aromatic heterocycles. The number of benzene rings is 2. The lowest BCUT2D eigenvalue weighted by Crippen LogP contribution is -2.28. The highest BCUT2D eigenvalue weighted by atomic mass is 16.6. The Kier molecular flexibility index (Phi) is 5.03. The minimum Gasteiger partial charge on any atom is -0.352 e. The van der Waals surface area contributed by atoms with Crippen LogP contribution in [0.3, 0.4) is 0 Å². The fourth-order valence-corrected chi connectivity index (χ4v) is 3.02. The number of hydrogen-bond donors (Lipinski definition) is 2. The van der Waals surface area contributed by atoms with Gasteiger partial charge < -0.3 is 10.3 Å². The number of carbonyl (C=O) groups is 1. The van der Waals surface area contributed by atoms with Crippen LogP contribution in [0.2, 0.25) is 0 Å². The Labute approximate surface area is 155 Å². The smallest absolute Gasteiger partial charge is 0.273 e. The number of pyridine rings is 1. The molecule has 0 saturated heterocycles. The topological polar surface area (TPSA) is 105 Å². The summed E-state index contributed by atoms with van der Waals surface area (Å²) in [6.07, 6.45) is 0.360. The lowest BCUT2D eigenvalue weighted by Gasteiger charge is -2.08. The van der Waals surface area contributed by atoms with Gasteiger partial charge in [0, 0.05) is 34.8 Å². The van der Waals surface area contributed by atoms with E-state index >= 15 is 0 Å². The lowest BCUT2D eigenvalue weighted by molar-refractivity contribution is -0.385. The second-order valence-corrected chi connectivity index (χ2v) is 6.43. The van der Waals surface area contributed by atoms with Crippen LogP contribution < -0.4 is 10.9 Å².